The fourth-order valence-corrected chi connectivity index (χ4v) is 3.07. The van der Waals surface area contributed by atoms with Gasteiger partial charge in [-0.3, -0.25) is 4.79 Å². The molecule has 0 aliphatic carbocycles. The number of hydrogen-bond donors (Lipinski definition) is 2. The van der Waals surface area contributed by atoms with Crippen molar-refractivity contribution in [1.29, 1.82) is 0 Å². The molecule has 7 heteroatoms. The molecular formula is C18H26N2O5. The van der Waals surface area contributed by atoms with E-state index in [0.29, 0.717) is 13.2 Å². The summed E-state index contributed by atoms with van der Waals surface area (Å²) in [6, 6.07) is 4.01. The Hall–Kier alpha value is -2.12. The van der Waals surface area contributed by atoms with Crippen molar-refractivity contribution in [3.05, 3.63) is 30.3 Å². The summed E-state index contributed by atoms with van der Waals surface area (Å²) in [6.45, 7) is 4.23. The molecule has 25 heavy (non-hydrogen) atoms. The number of aliphatic hydroxyl groups is 1. The number of aromatic nitrogens is 2. The molecule has 2 aromatic rings. The maximum atomic E-state index is 9.86. The lowest BCUT2D eigenvalue weighted by molar-refractivity contribution is -0.122. The van der Waals surface area contributed by atoms with E-state index >= 15 is 0 Å². The van der Waals surface area contributed by atoms with Crippen molar-refractivity contribution >= 4 is 6.47 Å². The summed E-state index contributed by atoms with van der Waals surface area (Å²) in [7, 11) is 0. The van der Waals surface area contributed by atoms with E-state index < -0.39 is 0 Å². The van der Waals surface area contributed by atoms with Crippen LogP contribution < -0.4 is 0 Å². The Kier molecular flexibility index (Phi) is 7.21. The summed E-state index contributed by atoms with van der Waals surface area (Å²) < 4.78 is 13.4. The molecule has 3 rings (SSSR count). The summed E-state index contributed by atoms with van der Waals surface area (Å²) in [5.74, 6) is 2.63. The summed E-state index contributed by atoms with van der Waals surface area (Å²) >= 11 is 0. The van der Waals surface area contributed by atoms with Crippen LogP contribution in [0.25, 0.3) is 11.6 Å². The van der Waals surface area contributed by atoms with Gasteiger partial charge in [0, 0.05) is 44.0 Å². The van der Waals surface area contributed by atoms with Crippen LogP contribution in [-0.2, 0) is 22.5 Å². The van der Waals surface area contributed by atoms with Crippen LogP contribution in [0.3, 0.4) is 0 Å². The highest BCUT2D eigenvalue weighted by Gasteiger charge is 2.33. The van der Waals surface area contributed by atoms with Gasteiger partial charge in [0.05, 0.1) is 6.61 Å². The summed E-state index contributed by atoms with van der Waals surface area (Å²) in [5, 5.41) is 16.8. The van der Waals surface area contributed by atoms with E-state index in [1.807, 2.05) is 18.3 Å². The number of aryl methyl sites for hydroxylation is 1. The fraction of sp³-hybridized carbons (Fsp3) is 0.556. The fourth-order valence-electron chi connectivity index (χ4n) is 3.07. The van der Waals surface area contributed by atoms with Crippen LogP contribution in [0.5, 0.6) is 0 Å². The van der Waals surface area contributed by atoms with Crippen molar-refractivity contribution in [3.63, 3.8) is 0 Å². The number of ether oxygens (including phenoxy) is 1. The Balaban J connectivity index is 0.000000701. The second-order valence-electron chi connectivity index (χ2n) is 6.27. The largest absolute Gasteiger partial charge is 0.483 e. The predicted octanol–water partition coefficient (Wildman–Crippen LogP) is 2.59. The average molecular weight is 350 g/mol. The maximum absolute atomic E-state index is 9.86. The number of rotatable bonds is 6. The highest BCUT2D eigenvalue weighted by molar-refractivity contribution is 5.47. The first kappa shape index (κ1) is 19.2. The number of carbonyl (C=O) groups is 1. The van der Waals surface area contributed by atoms with Gasteiger partial charge in [-0.05, 0) is 31.4 Å². The summed E-state index contributed by atoms with van der Waals surface area (Å²) in [6.07, 6.45) is 7.51. The van der Waals surface area contributed by atoms with Crippen molar-refractivity contribution < 1.29 is 24.2 Å². The molecule has 2 N–H and O–H groups in total. The number of imidazole rings is 1. The summed E-state index contributed by atoms with van der Waals surface area (Å²) in [5.41, 5.74) is -0.119. The SMILES string of the molecule is CCCc1ccc(-c2nccn2CC2(CO)CCOCC2)o1.O=CO. The third-order valence-corrected chi connectivity index (χ3v) is 4.49. The van der Waals surface area contributed by atoms with Gasteiger partial charge in [-0.1, -0.05) is 6.92 Å². The monoisotopic (exact) mass is 350 g/mol. The molecule has 3 heterocycles. The quantitative estimate of drug-likeness (QED) is 0.777. The van der Waals surface area contributed by atoms with Crippen LogP contribution in [0.1, 0.15) is 31.9 Å². The molecule has 1 aliphatic rings. The van der Waals surface area contributed by atoms with Crippen molar-refractivity contribution in [1.82, 2.24) is 9.55 Å². The van der Waals surface area contributed by atoms with Crippen LogP contribution in [0, 0.1) is 5.41 Å². The molecule has 0 unspecified atom stereocenters. The number of aliphatic hydroxyl groups excluding tert-OH is 1. The van der Waals surface area contributed by atoms with Gasteiger partial charge in [-0.15, -0.1) is 0 Å². The number of nitrogens with zero attached hydrogens (tertiary/aromatic N) is 2. The third kappa shape index (κ3) is 4.93. The van der Waals surface area contributed by atoms with Crippen LogP contribution in [-0.4, -0.2) is 46.1 Å². The molecule has 0 saturated carbocycles. The second kappa shape index (κ2) is 9.39. The van der Waals surface area contributed by atoms with Crippen molar-refractivity contribution in [2.45, 2.75) is 39.2 Å². The molecule has 1 aliphatic heterocycles. The Morgan fingerprint density at radius 2 is 2.08 bits per heavy atom. The average Bonchev–Trinajstić information content (AvgIpc) is 3.26. The lowest BCUT2D eigenvalue weighted by atomic mass is 9.81. The normalized spacial score (nSPS) is 16.1. The van der Waals surface area contributed by atoms with Gasteiger partial charge < -0.3 is 23.9 Å². The maximum Gasteiger partial charge on any atom is 0.290 e. The molecule has 0 bridgehead atoms. The molecule has 0 aromatic carbocycles. The number of furan rings is 1. The van der Waals surface area contributed by atoms with Crippen molar-refractivity contribution in [2.75, 3.05) is 19.8 Å². The minimum Gasteiger partial charge on any atom is -0.483 e. The Morgan fingerprint density at radius 3 is 2.72 bits per heavy atom. The highest BCUT2D eigenvalue weighted by atomic mass is 16.5. The second-order valence-corrected chi connectivity index (χ2v) is 6.27. The predicted molar refractivity (Wildman–Crippen MR) is 92.2 cm³/mol. The van der Waals surface area contributed by atoms with Gasteiger partial charge >= 0.3 is 0 Å². The molecule has 2 aromatic heterocycles. The van der Waals surface area contributed by atoms with E-state index in [9.17, 15) is 5.11 Å². The van der Waals surface area contributed by atoms with Gasteiger partial charge in [0.25, 0.3) is 6.47 Å². The Bertz CT molecular complexity index is 643. The number of hydrogen-bond acceptors (Lipinski definition) is 5. The first-order valence-corrected chi connectivity index (χ1v) is 8.54. The molecule has 1 saturated heterocycles. The zero-order chi connectivity index (χ0) is 18.1. The molecule has 0 spiro atoms. The molecule has 0 amide bonds. The van der Waals surface area contributed by atoms with E-state index in [4.69, 9.17) is 19.1 Å². The van der Waals surface area contributed by atoms with Crippen LogP contribution >= 0.6 is 0 Å². The van der Waals surface area contributed by atoms with Crippen LogP contribution in [0.2, 0.25) is 0 Å². The van der Waals surface area contributed by atoms with Crippen LogP contribution in [0.4, 0.5) is 0 Å². The molecular weight excluding hydrogens is 324 g/mol. The minimum absolute atomic E-state index is 0.119. The lowest BCUT2D eigenvalue weighted by Gasteiger charge is -2.36. The van der Waals surface area contributed by atoms with E-state index in [2.05, 4.69) is 16.5 Å². The topological polar surface area (TPSA) is 97.7 Å². The molecule has 138 valence electrons. The van der Waals surface area contributed by atoms with E-state index in [0.717, 1.165) is 49.6 Å². The molecule has 7 nitrogen and oxygen atoms in total. The van der Waals surface area contributed by atoms with Crippen molar-refractivity contribution in [2.24, 2.45) is 5.41 Å². The molecule has 0 radical (unpaired) electrons. The van der Waals surface area contributed by atoms with E-state index in [1.165, 1.54) is 0 Å². The Labute approximate surface area is 147 Å². The molecule has 1 fully saturated rings. The third-order valence-electron chi connectivity index (χ3n) is 4.49. The minimum atomic E-state index is -0.250. The first-order chi connectivity index (χ1) is 12.2. The summed E-state index contributed by atoms with van der Waals surface area (Å²) in [4.78, 5) is 12.8. The zero-order valence-corrected chi connectivity index (χ0v) is 14.6. The number of carboxylic acid groups (broad SMARTS) is 1. The van der Waals surface area contributed by atoms with Gasteiger partial charge in [0.1, 0.15) is 5.76 Å². The van der Waals surface area contributed by atoms with E-state index in [1.54, 1.807) is 6.20 Å². The lowest BCUT2D eigenvalue weighted by Crippen LogP contribution is -2.37. The highest BCUT2D eigenvalue weighted by Crippen LogP contribution is 2.33. The van der Waals surface area contributed by atoms with Gasteiger partial charge in [-0.2, -0.15) is 0 Å². The standard InChI is InChI=1S/C17H24N2O3.CH2O2/c1-2-3-14-4-5-15(22-14)16-18-8-9-19(16)12-17(13-20)6-10-21-11-7-17;2-1-3/h4-5,8-9,20H,2-3,6-7,10-13H2,1H3;1H,(H,2,3). The zero-order valence-electron chi connectivity index (χ0n) is 14.6. The first-order valence-electron chi connectivity index (χ1n) is 8.54. The smallest absolute Gasteiger partial charge is 0.290 e. The van der Waals surface area contributed by atoms with Gasteiger partial charge in [0.2, 0.25) is 0 Å². The Morgan fingerprint density at radius 1 is 1.36 bits per heavy atom. The van der Waals surface area contributed by atoms with E-state index in [-0.39, 0.29) is 18.5 Å². The van der Waals surface area contributed by atoms with Crippen LogP contribution in [0.15, 0.2) is 28.9 Å². The molecule has 0 atom stereocenters. The van der Waals surface area contributed by atoms with Gasteiger partial charge in [0.15, 0.2) is 11.6 Å². The van der Waals surface area contributed by atoms with Gasteiger partial charge in [-0.25, -0.2) is 4.98 Å². The van der Waals surface area contributed by atoms with Crippen molar-refractivity contribution in [3.8, 4) is 11.6 Å².